The molecule has 5 nitrogen and oxygen atoms in total. The van der Waals surface area contributed by atoms with Gasteiger partial charge in [-0.15, -0.1) is 11.3 Å². The van der Waals surface area contributed by atoms with Crippen LogP contribution in [0, 0.1) is 12.8 Å². The Labute approximate surface area is 159 Å². The first kappa shape index (κ1) is 19.1. The SMILES string of the molecule is CCc1ccc(S(=O)(=O)N2CCC(C(=O)Nc3cccc(C)c3)CC2)s1. The van der Waals surface area contributed by atoms with Crippen molar-refractivity contribution in [2.24, 2.45) is 5.92 Å². The molecule has 2 aromatic rings. The van der Waals surface area contributed by atoms with Crippen molar-refractivity contribution in [3.05, 3.63) is 46.8 Å². The number of hydrogen-bond acceptors (Lipinski definition) is 4. The zero-order chi connectivity index (χ0) is 18.7. The molecule has 0 unspecified atom stereocenters. The summed E-state index contributed by atoms with van der Waals surface area (Å²) >= 11 is 1.33. The molecule has 1 amide bonds. The number of hydrogen-bond donors (Lipinski definition) is 1. The highest BCUT2D eigenvalue weighted by molar-refractivity contribution is 7.91. The van der Waals surface area contributed by atoms with Gasteiger partial charge in [0.2, 0.25) is 5.91 Å². The van der Waals surface area contributed by atoms with E-state index in [9.17, 15) is 13.2 Å². The largest absolute Gasteiger partial charge is 0.326 e. The molecule has 140 valence electrons. The van der Waals surface area contributed by atoms with Crippen LogP contribution in [0.1, 0.15) is 30.2 Å². The van der Waals surface area contributed by atoms with Gasteiger partial charge in [0.15, 0.2) is 0 Å². The summed E-state index contributed by atoms with van der Waals surface area (Å²) in [7, 11) is -3.44. The van der Waals surface area contributed by atoms with Gasteiger partial charge >= 0.3 is 0 Å². The first-order valence-corrected chi connectivity index (χ1v) is 11.1. The van der Waals surface area contributed by atoms with Gasteiger partial charge in [-0.3, -0.25) is 4.79 Å². The van der Waals surface area contributed by atoms with Crippen LogP contribution in [0.2, 0.25) is 0 Å². The highest BCUT2D eigenvalue weighted by atomic mass is 32.2. The lowest BCUT2D eigenvalue weighted by atomic mass is 9.97. The van der Waals surface area contributed by atoms with E-state index in [1.54, 1.807) is 6.07 Å². The second-order valence-electron chi connectivity index (χ2n) is 6.61. The number of carbonyl (C=O) groups excluding carboxylic acids is 1. The van der Waals surface area contributed by atoms with Crippen LogP contribution in [0.15, 0.2) is 40.6 Å². The smallest absolute Gasteiger partial charge is 0.252 e. The summed E-state index contributed by atoms with van der Waals surface area (Å²) < 4.78 is 27.4. The maximum atomic E-state index is 12.8. The Bertz CT molecular complexity index is 882. The minimum atomic E-state index is -3.44. The van der Waals surface area contributed by atoms with E-state index in [1.165, 1.54) is 15.6 Å². The maximum absolute atomic E-state index is 12.8. The topological polar surface area (TPSA) is 66.5 Å². The summed E-state index contributed by atoms with van der Waals surface area (Å²) in [6.45, 7) is 4.76. The summed E-state index contributed by atoms with van der Waals surface area (Å²) in [5, 5.41) is 2.94. The minimum Gasteiger partial charge on any atom is -0.326 e. The molecule has 1 aliphatic rings. The molecule has 1 aromatic carbocycles. The number of nitrogens with zero attached hydrogens (tertiary/aromatic N) is 1. The summed E-state index contributed by atoms with van der Waals surface area (Å²) in [5.41, 5.74) is 1.88. The molecule has 1 aromatic heterocycles. The monoisotopic (exact) mass is 392 g/mol. The van der Waals surface area contributed by atoms with Crippen molar-refractivity contribution in [3.8, 4) is 0 Å². The van der Waals surface area contributed by atoms with Gasteiger partial charge in [-0.2, -0.15) is 4.31 Å². The molecule has 2 heterocycles. The molecule has 0 saturated carbocycles. The highest BCUT2D eigenvalue weighted by Crippen LogP contribution is 2.29. The number of anilines is 1. The summed E-state index contributed by atoms with van der Waals surface area (Å²) in [4.78, 5) is 13.5. The second-order valence-corrected chi connectivity index (χ2v) is 9.94. The fraction of sp³-hybridized carbons (Fsp3) is 0.421. The molecule has 0 spiro atoms. The third kappa shape index (κ3) is 4.16. The van der Waals surface area contributed by atoms with E-state index in [-0.39, 0.29) is 11.8 Å². The fourth-order valence-corrected chi connectivity index (χ4v) is 6.06. The lowest BCUT2D eigenvalue weighted by molar-refractivity contribution is -0.120. The molecule has 7 heteroatoms. The highest BCUT2D eigenvalue weighted by Gasteiger charge is 2.32. The van der Waals surface area contributed by atoms with Crippen molar-refractivity contribution in [2.45, 2.75) is 37.3 Å². The molecule has 0 atom stereocenters. The van der Waals surface area contributed by atoms with Crippen LogP contribution < -0.4 is 5.32 Å². The third-order valence-corrected chi connectivity index (χ3v) is 8.29. The lowest BCUT2D eigenvalue weighted by Gasteiger charge is -2.30. The van der Waals surface area contributed by atoms with E-state index in [0.717, 1.165) is 22.5 Å². The van der Waals surface area contributed by atoms with Crippen LogP contribution >= 0.6 is 11.3 Å². The Balaban J connectivity index is 1.60. The van der Waals surface area contributed by atoms with Crippen molar-refractivity contribution in [1.82, 2.24) is 4.31 Å². The number of benzene rings is 1. The van der Waals surface area contributed by atoms with Crippen molar-refractivity contribution in [2.75, 3.05) is 18.4 Å². The van der Waals surface area contributed by atoms with Crippen LogP contribution in [0.25, 0.3) is 0 Å². The standard InChI is InChI=1S/C19H24N2O3S2/c1-3-17-7-8-18(25-17)26(23,24)21-11-9-15(10-12-21)19(22)20-16-6-4-5-14(2)13-16/h4-8,13,15H,3,9-12H2,1-2H3,(H,20,22). The molecule has 1 aliphatic heterocycles. The van der Waals surface area contributed by atoms with E-state index in [2.05, 4.69) is 5.32 Å². The van der Waals surface area contributed by atoms with E-state index >= 15 is 0 Å². The van der Waals surface area contributed by atoms with Gasteiger partial charge < -0.3 is 5.32 Å². The number of sulfonamides is 1. The molecule has 3 rings (SSSR count). The van der Waals surface area contributed by atoms with Crippen molar-refractivity contribution >= 4 is 33.0 Å². The summed E-state index contributed by atoms with van der Waals surface area (Å²) in [6.07, 6.45) is 1.92. The Kier molecular flexibility index (Phi) is 5.79. The minimum absolute atomic E-state index is 0.0305. The summed E-state index contributed by atoms with van der Waals surface area (Å²) in [6, 6.07) is 11.3. The van der Waals surface area contributed by atoms with Crippen LogP contribution in [-0.2, 0) is 21.2 Å². The quantitative estimate of drug-likeness (QED) is 0.844. The van der Waals surface area contributed by atoms with E-state index in [1.807, 2.05) is 44.2 Å². The normalized spacial score (nSPS) is 16.5. The Morgan fingerprint density at radius 3 is 2.58 bits per heavy atom. The van der Waals surface area contributed by atoms with E-state index in [0.29, 0.717) is 30.1 Å². The van der Waals surface area contributed by atoms with Gasteiger partial charge in [-0.05, 0) is 56.0 Å². The number of thiophene rings is 1. The summed E-state index contributed by atoms with van der Waals surface area (Å²) in [5.74, 6) is -0.187. The van der Waals surface area contributed by atoms with Crippen LogP contribution in [0.5, 0.6) is 0 Å². The third-order valence-electron chi connectivity index (χ3n) is 4.69. The molecule has 26 heavy (non-hydrogen) atoms. The van der Waals surface area contributed by atoms with Crippen molar-refractivity contribution in [1.29, 1.82) is 0 Å². The van der Waals surface area contributed by atoms with Gasteiger partial charge in [0.1, 0.15) is 4.21 Å². The van der Waals surface area contributed by atoms with Gasteiger partial charge in [-0.1, -0.05) is 19.1 Å². The van der Waals surface area contributed by atoms with Gasteiger partial charge in [0, 0.05) is 29.6 Å². The zero-order valence-corrected chi connectivity index (χ0v) is 16.7. The van der Waals surface area contributed by atoms with Crippen molar-refractivity contribution < 1.29 is 13.2 Å². The fourth-order valence-electron chi connectivity index (χ4n) is 3.14. The Morgan fingerprint density at radius 1 is 1.23 bits per heavy atom. The maximum Gasteiger partial charge on any atom is 0.252 e. The van der Waals surface area contributed by atoms with E-state index in [4.69, 9.17) is 0 Å². The number of amides is 1. The number of nitrogens with one attached hydrogen (secondary N) is 1. The Morgan fingerprint density at radius 2 is 1.96 bits per heavy atom. The molecular formula is C19H24N2O3S2. The molecular weight excluding hydrogens is 368 g/mol. The van der Waals surface area contributed by atoms with Gasteiger partial charge in [0.05, 0.1) is 0 Å². The number of aryl methyl sites for hydroxylation is 2. The first-order chi connectivity index (χ1) is 12.4. The van der Waals surface area contributed by atoms with Crippen LogP contribution in [-0.4, -0.2) is 31.7 Å². The van der Waals surface area contributed by atoms with Crippen LogP contribution in [0.4, 0.5) is 5.69 Å². The lowest BCUT2D eigenvalue weighted by Crippen LogP contribution is -2.41. The molecule has 1 fully saturated rings. The average molecular weight is 393 g/mol. The van der Waals surface area contributed by atoms with Gasteiger partial charge in [0.25, 0.3) is 10.0 Å². The number of carbonyl (C=O) groups is 1. The average Bonchev–Trinajstić information content (AvgIpc) is 3.12. The predicted octanol–water partition coefficient (Wildman–Crippen LogP) is 3.66. The van der Waals surface area contributed by atoms with Gasteiger partial charge in [-0.25, -0.2) is 8.42 Å². The number of piperidine rings is 1. The molecule has 0 bridgehead atoms. The predicted molar refractivity (Wildman–Crippen MR) is 105 cm³/mol. The molecule has 0 radical (unpaired) electrons. The number of rotatable bonds is 5. The second kappa shape index (κ2) is 7.90. The van der Waals surface area contributed by atoms with Crippen LogP contribution in [0.3, 0.4) is 0 Å². The Hall–Kier alpha value is -1.70. The van der Waals surface area contributed by atoms with Crippen molar-refractivity contribution in [3.63, 3.8) is 0 Å². The molecule has 1 N–H and O–H groups in total. The molecule has 1 saturated heterocycles. The van der Waals surface area contributed by atoms with E-state index < -0.39 is 10.0 Å². The first-order valence-electron chi connectivity index (χ1n) is 8.86. The molecule has 0 aliphatic carbocycles. The zero-order valence-electron chi connectivity index (χ0n) is 15.1.